The summed E-state index contributed by atoms with van der Waals surface area (Å²) in [6, 6.07) is 18.5. The van der Waals surface area contributed by atoms with Gasteiger partial charge < -0.3 is 15.8 Å². The van der Waals surface area contributed by atoms with Gasteiger partial charge in [0.25, 0.3) is 0 Å². The zero-order valence-corrected chi connectivity index (χ0v) is 14.4. The molecule has 0 aliphatic carbocycles. The largest absolute Gasteiger partial charge is 0.372 e. The minimum atomic E-state index is 0.513. The molecule has 0 fully saturated rings. The summed E-state index contributed by atoms with van der Waals surface area (Å²) in [7, 11) is 0. The number of hydrogen-bond donors (Lipinski definition) is 2. The third-order valence-corrected chi connectivity index (χ3v) is 3.67. The molecule has 0 unspecified atom stereocenters. The molecule has 0 atom stereocenters. The van der Waals surface area contributed by atoms with Gasteiger partial charge in [-0.1, -0.05) is 67.9 Å². The molecule has 4 heteroatoms. The Morgan fingerprint density at radius 1 is 0.958 bits per heavy atom. The Morgan fingerprint density at radius 2 is 1.58 bits per heavy atom. The van der Waals surface area contributed by atoms with E-state index in [1.54, 1.807) is 0 Å². The highest BCUT2D eigenvalue weighted by Crippen LogP contribution is 2.09. The van der Waals surface area contributed by atoms with Crippen LogP contribution in [-0.4, -0.2) is 12.5 Å². The van der Waals surface area contributed by atoms with Gasteiger partial charge in [-0.15, -0.1) is 0 Å². The van der Waals surface area contributed by atoms with E-state index in [1.165, 1.54) is 5.56 Å². The minimum Gasteiger partial charge on any atom is -0.372 e. The molecule has 128 valence electrons. The number of nitrogens with two attached hydrogens (primary N) is 1. The van der Waals surface area contributed by atoms with Crippen molar-refractivity contribution >= 4 is 5.96 Å². The number of guanidine groups is 1. The van der Waals surface area contributed by atoms with Crippen LogP contribution in [0.25, 0.3) is 0 Å². The number of rotatable bonds is 9. The van der Waals surface area contributed by atoms with Crippen LogP contribution >= 0.6 is 0 Å². The van der Waals surface area contributed by atoms with Crippen molar-refractivity contribution in [3.05, 3.63) is 71.3 Å². The first-order chi connectivity index (χ1) is 11.8. The summed E-state index contributed by atoms with van der Waals surface area (Å²) in [5.41, 5.74) is 9.32. The Balaban J connectivity index is 1.73. The lowest BCUT2D eigenvalue weighted by Gasteiger charge is -2.06. The van der Waals surface area contributed by atoms with Crippen molar-refractivity contribution in [3.8, 4) is 0 Å². The fourth-order valence-electron chi connectivity index (χ4n) is 2.23. The molecule has 2 aromatic carbocycles. The summed E-state index contributed by atoms with van der Waals surface area (Å²) in [6.45, 7) is 4.87. The maximum absolute atomic E-state index is 5.83. The number of nitrogens with one attached hydrogen (secondary N) is 1. The fourth-order valence-corrected chi connectivity index (χ4v) is 2.23. The number of nitrogens with zero attached hydrogens (tertiary/aromatic N) is 1. The van der Waals surface area contributed by atoms with E-state index in [9.17, 15) is 0 Å². The average molecular weight is 325 g/mol. The van der Waals surface area contributed by atoms with Gasteiger partial charge in [0.1, 0.15) is 0 Å². The SMILES string of the molecule is CCCCNC(N)=NCc1ccc(COCc2ccccc2)cc1. The molecule has 0 radical (unpaired) electrons. The molecule has 3 N–H and O–H groups in total. The summed E-state index contributed by atoms with van der Waals surface area (Å²) in [5, 5.41) is 3.12. The van der Waals surface area contributed by atoms with Crippen LogP contribution in [0.3, 0.4) is 0 Å². The molecule has 2 aromatic rings. The van der Waals surface area contributed by atoms with Gasteiger partial charge in [0.05, 0.1) is 19.8 Å². The molecule has 0 aliphatic rings. The number of benzene rings is 2. The normalized spacial score (nSPS) is 11.5. The minimum absolute atomic E-state index is 0.513. The number of ether oxygens (including phenoxy) is 1. The van der Waals surface area contributed by atoms with E-state index in [4.69, 9.17) is 10.5 Å². The van der Waals surface area contributed by atoms with Crippen LogP contribution in [0.4, 0.5) is 0 Å². The zero-order chi connectivity index (χ0) is 17.0. The zero-order valence-electron chi connectivity index (χ0n) is 14.4. The molecule has 0 saturated carbocycles. The lowest BCUT2D eigenvalue weighted by atomic mass is 10.1. The Kier molecular flexibility index (Phi) is 7.84. The van der Waals surface area contributed by atoms with Crippen molar-refractivity contribution in [2.45, 2.75) is 39.5 Å². The molecule has 4 nitrogen and oxygen atoms in total. The van der Waals surface area contributed by atoms with Crippen LogP contribution in [0.15, 0.2) is 59.6 Å². The van der Waals surface area contributed by atoms with Crippen molar-refractivity contribution in [2.24, 2.45) is 10.7 Å². The second kappa shape index (κ2) is 10.4. The smallest absolute Gasteiger partial charge is 0.188 e. The molecule has 0 spiro atoms. The maximum atomic E-state index is 5.83. The van der Waals surface area contributed by atoms with E-state index in [0.29, 0.717) is 25.7 Å². The lowest BCUT2D eigenvalue weighted by molar-refractivity contribution is 0.107. The molecule has 0 aliphatic heterocycles. The predicted octanol–water partition coefficient (Wildman–Crippen LogP) is 3.61. The van der Waals surface area contributed by atoms with Crippen LogP contribution in [0.1, 0.15) is 36.5 Å². The van der Waals surface area contributed by atoms with E-state index in [0.717, 1.165) is 30.5 Å². The van der Waals surface area contributed by atoms with Crippen LogP contribution in [0, 0.1) is 0 Å². The first-order valence-electron chi connectivity index (χ1n) is 8.51. The van der Waals surface area contributed by atoms with Crippen molar-refractivity contribution < 1.29 is 4.74 Å². The van der Waals surface area contributed by atoms with Crippen molar-refractivity contribution in [2.75, 3.05) is 6.54 Å². The average Bonchev–Trinajstić information content (AvgIpc) is 2.62. The second-order valence-corrected chi connectivity index (χ2v) is 5.78. The Morgan fingerprint density at radius 3 is 2.25 bits per heavy atom. The fraction of sp³-hybridized carbons (Fsp3) is 0.350. The van der Waals surface area contributed by atoms with Crippen LogP contribution in [0.5, 0.6) is 0 Å². The van der Waals surface area contributed by atoms with Crippen molar-refractivity contribution in [1.29, 1.82) is 0 Å². The van der Waals surface area contributed by atoms with Gasteiger partial charge >= 0.3 is 0 Å². The summed E-state index contributed by atoms with van der Waals surface area (Å²) in [4.78, 5) is 4.35. The van der Waals surface area contributed by atoms with Gasteiger partial charge in [-0.2, -0.15) is 0 Å². The van der Waals surface area contributed by atoms with Crippen LogP contribution < -0.4 is 11.1 Å². The van der Waals surface area contributed by atoms with Gasteiger partial charge in [0.15, 0.2) is 5.96 Å². The van der Waals surface area contributed by atoms with Gasteiger partial charge in [-0.3, -0.25) is 0 Å². The number of unbranched alkanes of at least 4 members (excludes halogenated alkanes) is 1. The van der Waals surface area contributed by atoms with Gasteiger partial charge in [0, 0.05) is 6.54 Å². The van der Waals surface area contributed by atoms with Crippen molar-refractivity contribution in [3.63, 3.8) is 0 Å². The van der Waals surface area contributed by atoms with Gasteiger partial charge in [-0.05, 0) is 23.1 Å². The molecule has 24 heavy (non-hydrogen) atoms. The summed E-state index contributed by atoms with van der Waals surface area (Å²) in [5.74, 6) is 0.513. The third kappa shape index (κ3) is 6.84. The van der Waals surface area contributed by atoms with Gasteiger partial charge in [-0.25, -0.2) is 4.99 Å². The highest BCUT2D eigenvalue weighted by molar-refractivity contribution is 5.77. The Hall–Kier alpha value is -2.33. The highest BCUT2D eigenvalue weighted by Gasteiger charge is 1.97. The van der Waals surface area contributed by atoms with E-state index < -0.39 is 0 Å². The first kappa shape index (κ1) is 18.0. The summed E-state index contributed by atoms with van der Waals surface area (Å²) < 4.78 is 5.74. The molecule has 0 bridgehead atoms. The lowest BCUT2D eigenvalue weighted by Crippen LogP contribution is -2.32. The maximum Gasteiger partial charge on any atom is 0.188 e. The molecule has 2 rings (SSSR count). The first-order valence-corrected chi connectivity index (χ1v) is 8.51. The Bertz CT molecular complexity index is 609. The Labute approximate surface area is 144 Å². The molecular formula is C20H27N3O. The molecule has 0 aromatic heterocycles. The van der Waals surface area contributed by atoms with Crippen LogP contribution in [-0.2, 0) is 24.5 Å². The van der Waals surface area contributed by atoms with Gasteiger partial charge in [0.2, 0.25) is 0 Å². The summed E-state index contributed by atoms with van der Waals surface area (Å²) >= 11 is 0. The van der Waals surface area contributed by atoms with Crippen molar-refractivity contribution in [1.82, 2.24) is 5.32 Å². The van der Waals surface area contributed by atoms with E-state index in [-0.39, 0.29) is 0 Å². The van der Waals surface area contributed by atoms with E-state index in [1.807, 2.05) is 18.2 Å². The molecule has 0 heterocycles. The topological polar surface area (TPSA) is 59.6 Å². The van der Waals surface area contributed by atoms with E-state index >= 15 is 0 Å². The third-order valence-electron chi connectivity index (χ3n) is 3.67. The van der Waals surface area contributed by atoms with Crippen LogP contribution in [0.2, 0.25) is 0 Å². The monoisotopic (exact) mass is 325 g/mol. The number of aliphatic imine (C=N–C) groups is 1. The predicted molar refractivity (Wildman–Crippen MR) is 99.6 cm³/mol. The summed E-state index contributed by atoms with van der Waals surface area (Å²) in [6.07, 6.45) is 2.25. The standard InChI is InChI=1S/C20H27N3O/c1-2-3-13-22-20(21)23-14-17-9-11-19(12-10-17)16-24-15-18-7-5-4-6-8-18/h4-12H,2-3,13-16H2,1H3,(H3,21,22,23). The molecule has 0 amide bonds. The quantitative estimate of drug-likeness (QED) is 0.421. The second-order valence-electron chi connectivity index (χ2n) is 5.78. The highest BCUT2D eigenvalue weighted by atomic mass is 16.5. The molecular weight excluding hydrogens is 298 g/mol. The number of hydrogen-bond acceptors (Lipinski definition) is 2. The molecule has 0 saturated heterocycles. The van der Waals surface area contributed by atoms with E-state index in [2.05, 4.69) is 53.6 Å².